The molecule has 0 amide bonds. The summed E-state index contributed by atoms with van der Waals surface area (Å²) < 4.78 is 101. The van der Waals surface area contributed by atoms with Crippen LogP contribution in [0.15, 0.2) is 0 Å². The maximum absolute atomic E-state index is 11.3. The molecule has 0 atom stereocenters. The van der Waals surface area contributed by atoms with E-state index in [0.717, 1.165) is 20.8 Å². The van der Waals surface area contributed by atoms with Gasteiger partial charge in [-0.05, 0) is 20.8 Å². The normalized spacial score (nSPS) is 10.5. The molecule has 1 radical (unpaired) electrons. The summed E-state index contributed by atoms with van der Waals surface area (Å²) in [6, 6.07) is 0. The number of hydrogen-bond acceptors (Lipinski definition) is 6. The molecular weight excluding hydrogens is 587 g/mol. The van der Waals surface area contributed by atoms with Crippen LogP contribution in [0, 0.1) is 61.0 Å². The molecule has 0 heterocycles. The van der Waals surface area contributed by atoms with E-state index in [1.807, 2.05) is 0 Å². The average molecular weight is 599 g/mol. The van der Waals surface area contributed by atoms with Crippen molar-refractivity contribution in [1.82, 2.24) is 0 Å². The van der Waals surface area contributed by atoms with E-state index in [2.05, 4.69) is 0 Å². The number of alkyl halides is 9. The van der Waals surface area contributed by atoms with Crippen LogP contribution in [-0.2, 0) is 28.8 Å². The Bertz CT molecular complexity index is 573. The van der Waals surface area contributed by atoms with E-state index in [1.165, 1.54) is 0 Å². The molecule has 16 heteroatoms. The summed E-state index contributed by atoms with van der Waals surface area (Å²) in [4.78, 5) is 59.4. The molecule has 0 aromatic rings. The predicted octanol–water partition coefficient (Wildman–Crippen LogP) is 2.73. The third kappa shape index (κ3) is 24.5. The first-order valence-electron chi connectivity index (χ1n) is 6.91. The number of hydrogen-bond donors (Lipinski definition) is 0. The molecule has 0 fully saturated rings. The maximum Gasteiger partial charge on any atom is 3.00 e. The molecule has 0 N–H and O–H groups in total. The first-order valence-corrected chi connectivity index (χ1v) is 6.91. The number of carbonyl (C=O) groups excluding carboxylic acids is 6. The molecule has 0 aliphatic rings. The Balaban J connectivity index is -0.000000174. The van der Waals surface area contributed by atoms with Gasteiger partial charge >= 0.3 is 60.3 Å². The van der Waals surface area contributed by atoms with Gasteiger partial charge in [-0.15, -0.1) is 0 Å². The number of Topliss-reactive ketones (excluding diaryl/α,β-unsaturated/α-hetero) is 6. The second-order valence-electron chi connectivity index (χ2n) is 4.85. The Morgan fingerprint density at radius 3 is 0.613 bits per heavy atom. The van der Waals surface area contributed by atoms with Crippen LogP contribution in [0.4, 0.5) is 39.5 Å². The third-order valence-corrected chi connectivity index (χ3v) is 1.84. The fourth-order valence-corrected chi connectivity index (χ4v) is 0.799. The Labute approximate surface area is 202 Å². The van der Waals surface area contributed by atoms with Gasteiger partial charge in [0.15, 0.2) is 0 Å². The van der Waals surface area contributed by atoms with Crippen molar-refractivity contribution in [3.8, 4) is 0 Å². The van der Waals surface area contributed by atoms with E-state index in [9.17, 15) is 68.3 Å². The van der Waals surface area contributed by atoms with Crippen molar-refractivity contribution in [3.63, 3.8) is 0 Å². The number of rotatable bonds is 6. The van der Waals surface area contributed by atoms with Gasteiger partial charge in [0.2, 0.25) is 0 Å². The molecule has 0 aromatic heterocycles. The van der Waals surface area contributed by atoms with Gasteiger partial charge in [0.05, 0.1) is 0 Å². The summed E-state index contributed by atoms with van der Waals surface area (Å²) in [5.41, 5.74) is 0. The monoisotopic (exact) mass is 599 g/mol. The van der Waals surface area contributed by atoms with Crippen LogP contribution >= 0.6 is 0 Å². The van der Waals surface area contributed by atoms with Gasteiger partial charge < -0.3 is 28.8 Å². The Morgan fingerprint density at radius 1 is 0.452 bits per heavy atom. The smallest absolute Gasteiger partial charge is 0.334 e. The van der Waals surface area contributed by atoms with Gasteiger partial charge in [-0.25, -0.2) is 0 Å². The summed E-state index contributed by atoms with van der Waals surface area (Å²) >= 11 is 0. The molecule has 0 bridgehead atoms. The van der Waals surface area contributed by atoms with Crippen molar-refractivity contribution >= 4 is 34.7 Å². The summed E-state index contributed by atoms with van der Waals surface area (Å²) in [7, 11) is 0. The van der Waals surface area contributed by atoms with Crippen LogP contribution in [0.2, 0.25) is 0 Å². The van der Waals surface area contributed by atoms with Crippen molar-refractivity contribution in [3.05, 3.63) is 19.3 Å². The quantitative estimate of drug-likeness (QED) is 0.265. The number of halogens is 9. The zero-order valence-electron chi connectivity index (χ0n) is 15.6. The van der Waals surface area contributed by atoms with E-state index in [0.29, 0.717) is 0 Å². The van der Waals surface area contributed by atoms with Crippen molar-refractivity contribution in [2.24, 2.45) is 0 Å². The van der Waals surface area contributed by atoms with Crippen LogP contribution in [0.25, 0.3) is 0 Å². The molecule has 0 saturated carbocycles. The third-order valence-electron chi connectivity index (χ3n) is 1.84. The summed E-state index contributed by atoms with van der Waals surface area (Å²) in [6.45, 7) is 2.64. The molecule has 175 valence electrons. The Morgan fingerprint density at radius 2 is 0.581 bits per heavy atom. The fourth-order valence-electron chi connectivity index (χ4n) is 0.799. The Kier molecular flexibility index (Phi) is 18.0. The summed E-state index contributed by atoms with van der Waals surface area (Å²) in [5, 5.41) is 0. The van der Waals surface area contributed by atoms with Gasteiger partial charge in [0.25, 0.3) is 0 Å². The number of ketones is 6. The summed E-state index contributed by atoms with van der Waals surface area (Å²) in [5.74, 6) is -9.04. The molecule has 0 unspecified atom stereocenters. The van der Waals surface area contributed by atoms with Gasteiger partial charge in [-0.1, -0.05) is 0 Å². The van der Waals surface area contributed by atoms with Crippen molar-refractivity contribution in [2.45, 2.75) is 39.3 Å². The first-order chi connectivity index (χ1) is 13.0. The second kappa shape index (κ2) is 15.2. The average Bonchev–Trinajstić information content (AvgIpc) is 2.43. The minimum absolute atomic E-state index is 0. The van der Waals surface area contributed by atoms with Crippen molar-refractivity contribution in [1.29, 1.82) is 0 Å². The first kappa shape index (κ1) is 36.7. The molecule has 0 rings (SSSR count). The molecule has 0 saturated heterocycles. The molecule has 0 aliphatic heterocycles. The van der Waals surface area contributed by atoms with Gasteiger partial charge in [-0.3, -0.25) is 19.3 Å². The maximum atomic E-state index is 11.3. The van der Waals surface area contributed by atoms with E-state index in [-0.39, 0.29) is 61.0 Å². The van der Waals surface area contributed by atoms with Gasteiger partial charge in [0.1, 0.15) is 17.3 Å². The molecular formula is C15H12CeF9O6. The van der Waals surface area contributed by atoms with Crippen LogP contribution in [0.1, 0.15) is 20.8 Å². The minimum Gasteiger partial charge on any atom is -0.334 e. The topological polar surface area (TPSA) is 102 Å². The van der Waals surface area contributed by atoms with Crippen molar-refractivity contribution in [2.75, 3.05) is 0 Å². The minimum atomic E-state index is -4.92. The molecule has 0 spiro atoms. The largest absolute Gasteiger partial charge is 3.00 e. The standard InChI is InChI=1S/3C5H4F3O2.Ce/c3*1-3(9)2-4(10)5(6,7)8;/h3*2H,1H3;/q3*-1;+3. The molecule has 0 aliphatic carbocycles. The van der Waals surface area contributed by atoms with Crippen LogP contribution < -0.4 is 0 Å². The molecule has 6 nitrogen and oxygen atoms in total. The van der Waals surface area contributed by atoms with E-state index < -0.39 is 53.2 Å². The Hall–Kier alpha value is -1.62. The van der Waals surface area contributed by atoms with Crippen LogP contribution in [0.3, 0.4) is 0 Å². The zero-order chi connectivity index (χ0) is 25.1. The van der Waals surface area contributed by atoms with E-state index in [1.54, 1.807) is 0 Å². The van der Waals surface area contributed by atoms with E-state index >= 15 is 0 Å². The van der Waals surface area contributed by atoms with E-state index in [4.69, 9.17) is 0 Å². The summed E-state index contributed by atoms with van der Waals surface area (Å²) in [6.07, 6.45) is -14.7. The zero-order valence-corrected chi connectivity index (χ0v) is 18.7. The van der Waals surface area contributed by atoms with Crippen LogP contribution in [-0.4, -0.2) is 53.2 Å². The fraction of sp³-hybridized carbons (Fsp3) is 0.400. The van der Waals surface area contributed by atoms with Crippen molar-refractivity contribution < 1.29 is 110 Å². The second-order valence-corrected chi connectivity index (χ2v) is 4.85. The SMILES string of the molecule is CC(=O)[CH-]C(=O)C(F)(F)F.CC(=O)[CH-]C(=O)C(F)(F)F.CC(=O)[CH-]C(=O)C(F)(F)F.[Ce+3]. The molecule has 0 aromatic carbocycles. The van der Waals surface area contributed by atoms with Gasteiger partial charge in [-0.2, -0.15) is 39.5 Å². The molecule has 31 heavy (non-hydrogen) atoms. The number of carbonyl (C=O) groups is 6. The predicted molar refractivity (Wildman–Crippen MR) is 78.1 cm³/mol. The van der Waals surface area contributed by atoms with Crippen LogP contribution in [0.5, 0.6) is 0 Å². The van der Waals surface area contributed by atoms with Gasteiger partial charge in [0, 0.05) is 17.3 Å².